The second-order valence-electron chi connectivity index (χ2n) is 5.46. The minimum atomic E-state index is -3.52. The Morgan fingerprint density at radius 1 is 1.04 bits per heavy atom. The lowest BCUT2D eigenvalue weighted by Gasteiger charge is -2.12. The fourth-order valence-electron chi connectivity index (χ4n) is 2.20. The van der Waals surface area contributed by atoms with E-state index in [0.29, 0.717) is 25.6 Å². The third-order valence-corrected chi connectivity index (χ3v) is 4.89. The molecule has 3 N–H and O–H groups in total. The SMILES string of the molecule is CCNC(=NCc1cccc(F)c1)NCCNS(=O)(=O)c1ccccc1. The molecule has 0 saturated heterocycles. The summed E-state index contributed by atoms with van der Waals surface area (Å²) in [7, 11) is -3.52. The van der Waals surface area contributed by atoms with Gasteiger partial charge >= 0.3 is 0 Å². The number of aliphatic imine (C=N–C) groups is 1. The van der Waals surface area contributed by atoms with E-state index in [9.17, 15) is 12.8 Å². The molecule has 6 nitrogen and oxygen atoms in total. The Morgan fingerprint density at radius 2 is 1.81 bits per heavy atom. The number of rotatable bonds is 8. The quantitative estimate of drug-likeness (QED) is 0.372. The molecule has 0 heterocycles. The van der Waals surface area contributed by atoms with Crippen LogP contribution in [0.2, 0.25) is 0 Å². The summed E-state index contributed by atoms with van der Waals surface area (Å²) >= 11 is 0. The molecule has 0 fully saturated rings. The van der Waals surface area contributed by atoms with E-state index in [1.165, 1.54) is 12.1 Å². The van der Waals surface area contributed by atoms with Crippen molar-refractivity contribution in [3.63, 3.8) is 0 Å². The summed E-state index contributed by atoms with van der Waals surface area (Å²) in [5, 5.41) is 6.11. The molecule has 0 aliphatic rings. The van der Waals surface area contributed by atoms with Crippen LogP contribution in [0, 0.1) is 5.82 Å². The Kier molecular flexibility index (Phi) is 7.55. The predicted molar refractivity (Wildman–Crippen MR) is 101 cm³/mol. The van der Waals surface area contributed by atoms with E-state index < -0.39 is 10.0 Å². The van der Waals surface area contributed by atoms with Crippen LogP contribution in [0.5, 0.6) is 0 Å². The molecule has 8 heteroatoms. The van der Waals surface area contributed by atoms with Crippen molar-refractivity contribution >= 4 is 16.0 Å². The monoisotopic (exact) mass is 378 g/mol. The van der Waals surface area contributed by atoms with E-state index >= 15 is 0 Å². The second kappa shape index (κ2) is 9.88. The van der Waals surface area contributed by atoms with E-state index in [4.69, 9.17) is 0 Å². The van der Waals surface area contributed by atoms with Crippen LogP contribution in [-0.2, 0) is 16.6 Å². The highest BCUT2D eigenvalue weighted by Crippen LogP contribution is 2.06. The van der Waals surface area contributed by atoms with E-state index in [1.54, 1.807) is 42.5 Å². The summed E-state index contributed by atoms with van der Waals surface area (Å²) in [4.78, 5) is 4.60. The third kappa shape index (κ3) is 6.45. The average Bonchev–Trinajstić information content (AvgIpc) is 2.64. The molecule has 0 radical (unpaired) electrons. The number of guanidine groups is 1. The van der Waals surface area contributed by atoms with Gasteiger partial charge in [0, 0.05) is 19.6 Å². The molecule has 140 valence electrons. The van der Waals surface area contributed by atoms with E-state index in [2.05, 4.69) is 20.3 Å². The van der Waals surface area contributed by atoms with E-state index in [-0.39, 0.29) is 17.3 Å². The molecular formula is C18H23FN4O2S. The summed E-state index contributed by atoms with van der Waals surface area (Å²) < 4.78 is 40.0. The molecule has 0 aromatic heterocycles. The van der Waals surface area contributed by atoms with Gasteiger partial charge in [0.25, 0.3) is 0 Å². The fourth-order valence-corrected chi connectivity index (χ4v) is 3.25. The van der Waals surface area contributed by atoms with Crippen molar-refractivity contribution in [2.45, 2.75) is 18.4 Å². The number of halogens is 1. The van der Waals surface area contributed by atoms with Gasteiger partial charge in [-0.1, -0.05) is 30.3 Å². The van der Waals surface area contributed by atoms with Crippen molar-refractivity contribution < 1.29 is 12.8 Å². The molecule has 0 aliphatic carbocycles. The van der Waals surface area contributed by atoms with Crippen LogP contribution in [0.1, 0.15) is 12.5 Å². The lowest BCUT2D eigenvalue weighted by atomic mass is 10.2. The first-order chi connectivity index (χ1) is 12.5. The lowest BCUT2D eigenvalue weighted by molar-refractivity contribution is 0.580. The molecule has 0 bridgehead atoms. The summed E-state index contributed by atoms with van der Waals surface area (Å²) in [6.07, 6.45) is 0. The van der Waals surface area contributed by atoms with Crippen LogP contribution in [0.3, 0.4) is 0 Å². The normalized spacial score (nSPS) is 12.0. The van der Waals surface area contributed by atoms with Crippen LogP contribution < -0.4 is 15.4 Å². The van der Waals surface area contributed by atoms with Crippen LogP contribution in [0.15, 0.2) is 64.5 Å². The van der Waals surface area contributed by atoms with Crippen molar-refractivity contribution in [3.8, 4) is 0 Å². The number of nitrogens with zero attached hydrogens (tertiary/aromatic N) is 1. The zero-order chi connectivity index (χ0) is 18.8. The zero-order valence-corrected chi connectivity index (χ0v) is 15.4. The Balaban J connectivity index is 1.85. The number of hydrogen-bond acceptors (Lipinski definition) is 3. The summed E-state index contributed by atoms with van der Waals surface area (Å²) in [5.74, 6) is 0.238. The molecule has 0 saturated carbocycles. The van der Waals surface area contributed by atoms with Crippen LogP contribution >= 0.6 is 0 Å². The molecule has 2 aromatic rings. The fraction of sp³-hybridized carbons (Fsp3) is 0.278. The van der Waals surface area contributed by atoms with Gasteiger partial charge in [-0.25, -0.2) is 22.5 Å². The molecule has 26 heavy (non-hydrogen) atoms. The smallest absolute Gasteiger partial charge is 0.240 e. The molecule has 2 aromatic carbocycles. The number of hydrogen-bond donors (Lipinski definition) is 3. The van der Waals surface area contributed by atoms with Crippen molar-refractivity contribution in [1.29, 1.82) is 0 Å². The Morgan fingerprint density at radius 3 is 2.50 bits per heavy atom. The van der Waals surface area contributed by atoms with Crippen molar-refractivity contribution in [3.05, 3.63) is 66.0 Å². The van der Waals surface area contributed by atoms with Crippen molar-refractivity contribution in [2.24, 2.45) is 4.99 Å². The van der Waals surface area contributed by atoms with Gasteiger partial charge in [-0.05, 0) is 36.8 Å². The van der Waals surface area contributed by atoms with Gasteiger partial charge in [0.2, 0.25) is 10.0 Å². The van der Waals surface area contributed by atoms with Gasteiger partial charge < -0.3 is 10.6 Å². The van der Waals surface area contributed by atoms with Gasteiger partial charge in [0.15, 0.2) is 5.96 Å². The summed E-state index contributed by atoms with van der Waals surface area (Å²) in [5.41, 5.74) is 0.756. The van der Waals surface area contributed by atoms with Gasteiger partial charge in [0.1, 0.15) is 5.82 Å². The average molecular weight is 378 g/mol. The summed E-state index contributed by atoms with van der Waals surface area (Å²) in [6, 6.07) is 14.4. The molecule has 0 atom stereocenters. The number of sulfonamides is 1. The topological polar surface area (TPSA) is 82.6 Å². The molecular weight excluding hydrogens is 355 g/mol. The number of nitrogens with one attached hydrogen (secondary N) is 3. The first-order valence-corrected chi connectivity index (χ1v) is 9.81. The molecule has 0 spiro atoms. The van der Waals surface area contributed by atoms with Gasteiger partial charge in [0.05, 0.1) is 11.4 Å². The van der Waals surface area contributed by atoms with E-state index in [1.807, 2.05) is 6.92 Å². The van der Waals surface area contributed by atoms with E-state index in [0.717, 1.165) is 5.56 Å². The second-order valence-corrected chi connectivity index (χ2v) is 7.23. The molecule has 0 amide bonds. The first-order valence-electron chi connectivity index (χ1n) is 8.32. The highest BCUT2D eigenvalue weighted by Gasteiger charge is 2.12. The third-order valence-electron chi connectivity index (χ3n) is 3.42. The van der Waals surface area contributed by atoms with Crippen molar-refractivity contribution in [2.75, 3.05) is 19.6 Å². The predicted octanol–water partition coefficient (Wildman–Crippen LogP) is 1.86. The maximum atomic E-state index is 13.2. The Labute approximate surface area is 153 Å². The molecule has 2 rings (SSSR count). The highest BCUT2D eigenvalue weighted by atomic mass is 32.2. The minimum Gasteiger partial charge on any atom is -0.357 e. The lowest BCUT2D eigenvalue weighted by Crippen LogP contribution is -2.41. The van der Waals surface area contributed by atoms with Gasteiger partial charge in [-0.3, -0.25) is 0 Å². The van der Waals surface area contributed by atoms with Gasteiger partial charge in [-0.15, -0.1) is 0 Å². The largest absolute Gasteiger partial charge is 0.357 e. The first kappa shape index (κ1) is 19.9. The zero-order valence-electron chi connectivity index (χ0n) is 14.6. The maximum Gasteiger partial charge on any atom is 0.240 e. The number of benzene rings is 2. The van der Waals surface area contributed by atoms with Crippen LogP contribution in [-0.4, -0.2) is 34.0 Å². The van der Waals surface area contributed by atoms with Crippen LogP contribution in [0.25, 0.3) is 0 Å². The van der Waals surface area contributed by atoms with Crippen molar-refractivity contribution in [1.82, 2.24) is 15.4 Å². The minimum absolute atomic E-state index is 0.210. The van der Waals surface area contributed by atoms with Crippen LogP contribution in [0.4, 0.5) is 4.39 Å². The Bertz CT molecular complexity index is 826. The maximum absolute atomic E-state index is 13.2. The summed E-state index contributed by atoms with van der Waals surface area (Å²) in [6.45, 7) is 3.48. The molecule has 0 aliphatic heterocycles. The Hall–Kier alpha value is -2.45. The molecule has 0 unspecified atom stereocenters. The standard InChI is InChI=1S/C18H23FN4O2S/c1-2-20-18(22-14-15-7-6-8-16(19)13-15)21-11-12-23-26(24,25)17-9-4-3-5-10-17/h3-10,13,23H,2,11-12,14H2,1H3,(H2,20,21,22). The highest BCUT2D eigenvalue weighted by molar-refractivity contribution is 7.89. The van der Waals surface area contributed by atoms with Gasteiger partial charge in [-0.2, -0.15) is 0 Å².